The van der Waals surface area contributed by atoms with Crippen LogP contribution in [0.15, 0.2) is 42.7 Å². The average Bonchev–Trinajstić information content (AvgIpc) is 2.88. The molecule has 8 heteroatoms. The van der Waals surface area contributed by atoms with Gasteiger partial charge in [-0.2, -0.15) is 0 Å². The van der Waals surface area contributed by atoms with Crippen LogP contribution in [0.1, 0.15) is 42.6 Å². The molecule has 4 heterocycles. The van der Waals surface area contributed by atoms with Gasteiger partial charge in [-0.15, -0.1) is 0 Å². The number of rotatable bonds is 6. The number of anilines is 2. The maximum absolute atomic E-state index is 5.62. The summed E-state index contributed by atoms with van der Waals surface area (Å²) in [6.45, 7) is 6.09. The van der Waals surface area contributed by atoms with E-state index in [0.717, 1.165) is 74.3 Å². The lowest BCUT2D eigenvalue weighted by Crippen LogP contribution is -2.34. The van der Waals surface area contributed by atoms with E-state index in [-0.39, 0.29) is 0 Å². The lowest BCUT2D eigenvalue weighted by molar-refractivity contribution is 0.0842. The molecule has 5 rings (SSSR count). The lowest BCUT2D eigenvalue weighted by Gasteiger charge is -2.32. The second-order valence-electron chi connectivity index (χ2n) is 8.20. The zero-order valence-corrected chi connectivity index (χ0v) is 18.4. The number of hydrogen-bond acceptors (Lipinski definition) is 8. The van der Waals surface area contributed by atoms with Gasteiger partial charge in [0, 0.05) is 55.9 Å². The standard InChI is InChI=1S/C24H29N7O/c1-2-27-30-19-6-4-18(5-7-19)23-28-21-16-31(24-25-11-3-12-26-24)13-8-20(21)22(29-23)17-9-14-32-15-10-17/h3-7,11-12,17,27,30H,2,8-10,13-16H2,1H3. The van der Waals surface area contributed by atoms with Crippen molar-refractivity contribution in [2.75, 3.05) is 36.6 Å². The third-order valence-corrected chi connectivity index (χ3v) is 6.09. The Bertz CT molecular complexity index is 1040. The van der Waals surface area contributed by atoms with Crippen LogP contribution in [0.5, 0.6) is 0 Å². The molecule has 166 valence electrons. The van der Waals surface area contributed by atoms with Gasteiger partial charge in [-0.1, -0.05) is 6.92 Å². The largest absolute Gasteiger partial charge is 0.381 e. The average molecular weight is 432 g/mol. The highest BCUT2D eigenvalue weighted by molar-refractivity contribution is 5.60. The monoisotopic (exact) mass is 431 g/mol. The van der Waals surface area contributed by atoms with Crippen LogP contribution in [0.3, 0.4) is 0 Å². The van der Waals surface area contributed by atoms with Crippen molar-refractivity contribution in [3.8, 4) is 11.4 Å². The Balaban J connectivity index is 1.50. The Labute approximate surface area is 188 Å². The van der Waals surface area contributed by atoms with Crippen molar-refractivity contribution in [1.82, 2.24) is 25.4 Å². The topological polar surface area (TPSA) is 88.1 Å². The van der Waals surface area contributed by atoms with E-state index in [0.29, 0.717) is 12.5 Å². The molecule has 3 aromatic rings. The normalized spacial score (nSPS) is 16.6. The smallest absolute Gasteiger partial charge is 0.225 e. The molecule has 0 spiro atoms. The first-order valence-corrected chi connectivity index (χ1v) is 11.4. The summed E-state index contributed by atoms with van der Waals surface area (Å²) in [7, 11) is 0. The summed E-state index contributed by atoms with van der Waals surface area (Å²) in [5.41, 5.74) is 12.0. The Morgan fingerprint density at radius 2 is 1.84 bits per heavy atom. The zero-order valence-electron chi connectivity index (χ0n) is 18.4. The molecule has 0 aliphatic carbocycles. The number of fused-ring (bicyclic) bond motifs is 1. The predicted molar refractivity (Wildman–Crippen MR) is 124 cm³/mol. The van der Waals surface area contributed by atoms with Crippen molar-refractivity contribution >= 4 is 11.6 Å². The summed E-state index contributed by atoms with van der Waals surface area (Å²) in [5, 5.41) is 0. The molecule has 0 amide bonds. The van der Waals surface area contributed by atoms with Crippen LogP contribution in [-0.2, 0) is 17.7 Å². The van der Waals surface area contributed by atoms with Gasteiger partial charge in [0.2, 0.25) is 5.95 Å². The maximum Gasteiger partial charge on any atom is 0.225 e. The van der Waals surface area contributed by atoms with Gasteiger partial charge in [0.1, 0.15) is 0 Å². The van der Waals surface area contributed by atoms with Gasteiger partial charge in [0.15, 0.2) is 5.82 Å². The van der Waals surface area contributed by atoms with Gasteiger partial charge in [-0.3, -0.25) is 0 Å². The highest BCUT2D eigenvalue weighted by Crippen LogP contribution is 2.34. The number of aromatic nitrogens is 4. The number of nitrogens with zero attached hydrogens (tertiary/aromatic N) is 5. The second kappa shape index (κ2) is 9.58. The second-order valence-corrected chi connectivity index (χ2v) is 8.20. The minimum absolute atomic E-state index is 0.425. The first-order chi connectivity index (χ1) is 15.8. The summed E-state index contributed by atoms with van der Waals surface area (Å²) < 4.78 is 5.62. The third kappa shape index (κ3) is 4.42. The van der Waals surface area contributed by atoms with Crippen molar-refractivity contribution in [3.63, 3.8) is 0 Å². The Morgan fingerprint density at radius 3 is 2.59 bits per heavy atom. The van der Waals surface area contributed by atoms with Crippen LogP contribution in [-0.4, -0.2) is 46.2 Å². The van der Waals surface area contributed by atoms with Crippen molar-refractivity contribution < 1.29 is 4.74 Å². The van der Waals surface area contributed by atoms with E-state index in [1.54, 1.807) is 12.4 Å². The molecule has 0 radical (unpaired) electrons. The summed E-state index contributed by atoms with van der Waals surface area (Å²) >= 11 is 0. The van der Waals surface area contributed by atoms with E-state index in [4.69, 9.17) is 14.7 Å². The highest BCUT2D eigenvalue weighted by atomic mass is 16.5. The molecule has 1 saturated heterocycles. The Morgan fingerprint density at radius 1 is 1.06 bits per heavy atom. The van der Waals surface area contributed by atoms with Crippen LogP contribution in [0.2, 0.25) is 0 Å². The third-order valence-electron chi connectivity index (χ3n) is 6.09. The predicted octanol–water partition coefficient (Wildman–Crippen LogP) is 3.33. The molecular formula is C24H29N7O. The van der Waals surface area contributed by atoms with Crippen LogP contribution in [0, 0.1) is 0 Å². The Hall–Kier alpha value is -3.10. The van der Waals surface area contributed by atoms with E-state index >= 15 is 0 Å². The van der Waals surface area contributed by atoms with Crippen LogP contribution in [0.4, 0.5) is 11.6 Å². The van der Waals surface area contributed by atoms with E-state index in [1.807, 2.05) is 6.07 Å². The van der Waals surface area contributed by atoms with Gasteiger partial charge in [0.25, 0.3) is 0 Å². The first-order valence-electron chi connectivity index (χ1n) is 11.4. The van der Waals surface area contributed by atoms with Gasteiger partial charge < -0.3 is 15.1 Å². The molecule has 2 aliphatic rings. The molecule has 2 aromatic heterocycles. The van der Waals surface area contributed by atoms with E-state index in [2.05, 4.69) is 56.9 Å². The van der Waals surface area contributed by atoms with Gasteiger partial charge in [0.05, 0.1) is 17.9 Å². The minimum Gasteiger partial charge on any atom is -0.381 e. The van der Waals surface area contributed by atoms with E-state index in [1.165, 1.54) is 11.3 Å². The molecule has 0 bridgehead atoms. The molecule has 32 heavy (non-hydrogen) atoms. The maximum atomic E-state index is 5.62. The van der Waals surface area contributed by atoms with Crippen molar-refractivity contribution in [2.45, 2.75) is 38.6 Å². The summed E-state index contributed by atoms with van der Waals surface area (Å²) in [6.07, 6.45) is 6.52. The number of hydrogen-bond donors (Lipinski definition) is 2. The van der Waals surface area contributed by atoms with Crippen LogP contribution in [0.25, 0.3) is 11.4 Å². The number of hydrazine groups is 1. The minimum atomic E-state index is 0.425. The number of benzene rings is 1. The molecule has 2 N–H and O–H groups in total. The highest BCUT2D eigenvalue weighted by Gasteiger charge is 2.28. The zero-order chi connectivity index (χ0) is 21.8. The van der Waals surface area contributed by atoms with Gasteiger partial charge in [-0.05, 0) is 55.2 Å². The SMILES string of the molecule is CCNNc1ccc(-c2nc3c(c(C4CCOCC4)n2)CCN(c2ncccn2)C3)cc1. The fourth-order valence-electron chi connectivity index (χ4n) is 4.42. The summed E-state index contributed by atoms with van der Waals surface area (Å²) in [6, 6.07) is 10.1. The number of ether oxygens (including phenoxy) is 1. The van der Waals surface area contributed by atoms with E-state index in [9.17, 15) is 0 Å². The van der Waals surface area contributed by atoms with Crippen molar-refractivity contribution in [2.24, 2.45) is 0 Å². The van der Waals surface area contributed by atoms with E-state index < -0.39 is 0 Å². The molecule has 1 fully saturated rings. The van der Waals surface area contributed by atoms with Crippen molar-refractivity contribution in [1.29, 1.82) is 0 Å². The lowest BCUT2D eigenvalue weighted by atomic mass is 9.89. The van der Waals surface area contributed by atoms with Crippen LogP contribution >= 0.6 is 0 Å². The molecule has 0 atom stereocenters. The quantitative estimate of drug-likeness (QED) is 0.575. The van der Waals surface area contributed by atoms with Gasteiger partial charge >= 0.3 is 0 Å². The molecule has 0 saturated carbocycles. The van der Waals surface area contributed by atoms with Crippen LogP contribution < -0.4 is 15.8 Å². The van der Waals surface area contributed by atoms with Crippen molar-refractivity contribution in [3.05, 3.63) is 59.7 Å². The molecule has 1 aromatic carbocycles. The first kappa shape index (κ1) is 20.8. The summed E-state index contributed by atoms with van der Waals surface area (Å²) in [4.78, 5) is 21.2. The van der Waals surface area contributed by atoms with Gasteiger partial charge in [-0.25, -0.2) is 25.4 Å². The molecule has 0 unspecified atom stereocenters. The number of nitrogens with one attached hydrogen (secondary N) is 2. The fraction of sp³-hybridized carbons (Fsp3) is 0.417. The molecular weight excluding hydrogens is 402 g/mol. The molecule has 2 aliphatic heterocycles. The fourth-order valence-corrected chi connectivity index (χ4v) is 4.42. The Kier molecular flexibility index (Phi) is 6.22. The summed E-state index contributed by atoms with van der Waals surface area (Å²) in [5.74, 6) is 1.97. The molecule has 8 nitrogen and oxygen atoms in total.